The molecule has 0 aliphatic rings. The Labute approximate surface area is 83.8 Å². The lowest BCUT2D eigenvalue weighted by Crippen LogP contribution is -2.11. The van der Waals surface area contributed by atoms with Gasteiger partial charge in [0.1, 0.15) is 0 Å². The van der Waals surface area contributed by atoms with Crippen LogP contribution in [0.2, 0.25) is 0 Å². The van der Waals surface area contributed by atoms with Gasteiger partial charge in [-0.05, 0) is 14.0 Å². The molecule has 1 heterocycles. The molecule has 1 atom stereocenters. The summed E-state index contributed by atoms with van der Waals surface area (Å²) >= 11 is 0. The summed E-state index contributed by atoms with van der Waals surface area (Å²) in [5, 5.41) is 6.89. The van der Waals surface area contributed by atoms with E-state index in [1.54, 1.807) is 7.11 Å². The first-order chi connectivity index (χ1) is 6.76. The zero-order chi connectivity index (χ0) is 10.4. The Morgan fingerprint density at radius 3 is 3.00 bits per heavy atom. The molecule has 1 aromatic heterocycles. The van der Waals surface area contributed by atoms with Gasteiger partial charge in [0.2, 0.25) is 5.89 Å². The zero-order valence-electron chi connectivity index (χ0n) is 8.91. The van der Waals surface area contributed by atoms with Gasteiger partial charge >= 0.3 is 0 Å². The van der Waals surface area contributed by atoms with E-state index in [0.717, 1.165) is 13.0 Å². The number of methoxy groups -OCH3 is 1. The third-order valence-electron chi connectivity index (χ3n) is 1.97. The number of hydrogen-bond donors (Lipinski definition) is 1. The van der Waals surface area contributed by atoms with Crippen LogP contribution < -0.4 is 5.32 Å². The van der Waals surface area contributed by atoms with Crippen molar-refractivity contribution >= 4 is 0 Å². The van der Waals surface area contributed by atoms with E-state index in [2.05, 4.69) is 15.5 Å². The fourth-order valence-corrected chi connectivity index (χ4v) is 1.05. The first kappa shape index (κ1) is 11.1. The highest BCUT2D eigenvalue weighted by Gasteiger charge is 2.09. The van der Waals surface area contributed by atoms with E-state index in [1.165, 1.54) is 0 Å². The van der Waals surface area contributed by atoms with E-state index in [0.29, 0.717) is 18.1 Å². The van der Waals surface area contributed by atoms with Crippen molar-refractivity contribution in [3.63, 3.8) is 0 Å². The molecular weight excluding hydrogens is 182 g/mol. The maximum Gasteiger partial charge on any atom is 0.227 e. The summed E-state index contributed by atoms with van der Waals surface area (Å²) in [6.45, 7) is 2.82. The second-order valence-electron chi connectivity index (χ2n) is 3.21. The first-order valence-corrected chi connectivity index (χ1v) is 4.75. The molecule has 0 saturated heterocycles. The van der Waals surface area contributed by atoms with Crippen molar-refractivity contribution in [2.75, 3.05) is 20.7 Å². The number of likely N-dealkylation sites (N-methyl/N-ethyl adjacent to an activating group) is 1. The lowest BCUT2D eigenvalue weighted by atomic mass is 10.3. The lowest BCUT2D eigenvalue weighted by molar-refractivity contribution is 0.116. The van der Waals surface area contributed by atoms with Crippen molar-refractivity contribution in [2.24, 2.45) is 0 Å². The van der Waals surface area contributed by atoms with Gasteiger partial charge in [-0.1, -0.05) is 5.16 Å². The topological polar surface area (TPSA) is 60.2 Å². The van der Waals surface area contributed by atoms with E-state index in [9.17, 15) is 0 Å². The van der Waals surface area contributed by atoms with Crippen LogP contribution in [0.5, 0.6) is 0 Å². The molecule has 5 heteroatoms. The van der Waals surface area contributed by atoms with Gasteiger partial charge in [-0.3, -0.25) is 0 Å². The minimum absolute atomic E-state index is 0.129. The van der Waals surface area contributed by atoms with Crippen LogP contribution in [0.25, 0.3) is 0 Å². The predicted molar refractivity (Wildman–Crippen MR) is 52.1 cm³/mol. The van der Waals surface area contributed by atoms with Crippen LogP contribution >= 0.6 is 0 Å². The average Bonchev–Trinajstić information content (AvgIpc) is 2.62. The lowest BCUT2D eigenvalue weighted by Gasteiger charge is -2.03. The number of hydrogen-bond acceptors (Lipinski definition) is 5. The van der Waals surface area contributed by atoms with E-state index in [1.807, 2.05) is 14.0 Å². The van der Waals surface area contributed by atoms with Crippen molar-refractivity contribution in [2.45, 2.75) is 25.9 Å². The predicted octanol–water partition coefficient (Wildman–Crippen LogP) is 0.409. The SMILES string of the molecule is CNCCc1nc(CC(C)OC)no1. The van der Waals surface area contributed by atoms with Gasteiger partial charge in [0.05, 0.1) is 6.10 Å². The third kappa shape index (κ3) is 3.43. The van der Waals surface area contributed by atoms with Crippen LogP contribution in [0, 0.1) is 0 Å². The molecule has 1 N–H and O–H groups in total. The molecule has 1 aromatic rings. The van der Waals surface area contributed by atoms with Gasteiger partial charge in [0.25, 0.3) is 0 Å². The standard InChI is InChI=1S/C9H17N3O2/c1-7(13-3)6-8-11-9(14-12-8)4-5-10-2/h7,10H,4-6H2,1-3H3. The summed E-state index contributed by atoms with van der Waals surface area (Å²) < 4.78 is 10.2. The third-order valence-corrected chi connectivity index (χ3v) is 1.97. The summed E-state index contributed by atoms with van der Waals surface area (Å²) in [6.07, 6.45) is 1.59. The Kier molecular flexibility index (Phi) is 4.55. The van der Waals surface area contributed by atoms with Crippen LogP contribution in [-0.2, 0) is 17.6 Å². The van der Waals surface area contributed by atoms with Crippen molar-refractivity contribution in [1.82, 2.24) is 15.5 Å². The minimum Gasteiger partial charge on any atom is -0.381 e. The summed E-state index contributed by atoms with van der Waals surface area (Å²) in [6, 6.07) is 0. The fraction of sp³-hybridized carbons (Fsp3) is 0.778. The number of rotatable bonds is 6. The van der Waals surface area contributed by atoms with Crippen LogP contribution in [0.15, 0.2) is 4.52 Å². The van der Waals surface area contributed by atoms with Gasteiger partial charge in [-0.15, -0.1) is 0 Å². The molecule has 5 nitrogen and oxygen atoms in total. The van der Waals surface area contributed by atoms with Crippen LogP contribution in [-0.4, -0.2) is 36.9 Å². The van der Waals surface area contributed by atoms with Crippen LogP contribution in [0.3, 0.4) is 0 Å². The summed E-state index contributed by atoms with van der Waals surface area (Å²) in [5.41, 5.74) is 0. The summed E-state index contributed by atoms with van der Waals surface area (Å²) in [4.78, 5) is 4.24. The van der Waals surface area contributed by atoms with E-state index >= 15 is 0 Å². The van der Waals surface area contributed by atoms with E-state index < -0.39 is 0 Å². The molecule has 0 fully saturated rings. The largest absolute Gasteiger partial charge is 0.381 e. The molecule has 0 aliphatic heterocycles. The average molecular weight is 199 g/mol. The second-order valence-corrected chi connectivity index (χ2v) is 3.21. The number of aromatic nitrogens is 2. The molecule has 0 amide bonds. The highest BCUT2D eigenvalue weighted by molar-refractivity contribution is 4.88. The smallest absolute Gasteiger partial charge is 0.227 e. The Morgan fingerprint density at radius 2 is 2.36 bits per heavy atom. The molecule has 0 bridgehead atoms. The zero-order valence-corrected chi connectivity index (χ0v) is 8.91. The Morgan fingerprint density at radius 1 is 1.57 bits per heavy atom. The molecule has 14 heavy (non-hydrogen) atoms. The summed E-state index contributed by atoms with van der Waals surface area (Å²) in [5.74, 6) is 1.39. The molecule has 1 unspecified atom stereocenters. The van der Waals surface area contributed by atoms with Gasteiger partial charge < -0.3 is 14.6 Å². The molecule has 1 rings (SSSR count). The molecular formula is C9H17N3O2. The molecule has 0 aliphatic carbocycles. The fourth-order valence-electron chi connectivity index (χ4n) is 1.05. The van der Waals surface area contributed by atoms with Crippen molar-refractivity contribution in [3.05, 3.63) is 11.7 Å². The Bertz CT molecular complexity index is 262. The second kappa shape index (κ2) is 5.72. The first-order valence-electron chi connectivity index (χ1n) is 4.75. The maximum absolute atomic E-state index is 5.11. The van der Waals surface area contributed by atoms with Crippen molar-refractivity contribution < 1.29 is 9.26 Å². The quantitative estimate of drug-likeness (QED) is 0.719. The number of nitrogens with one attached hydrogen (secondary N) is 1. The van der Waals surface area contributed by atoms with E-state index in [4.69, 9.17) is 9.26 Å². The van der Waals surface area contributed by atoms with Gasteiger partial charge in [-0.2, -0.15) is 4.98 Å². The molecule has 0 aromatic carbocycles. The van der Waals surface area contributed by atoms with Crippen LogP contribution in [0.4, 0.5) is 0 Å². The highest BCUT2D eigenvalue weighted by Crippen LogP contribution is 2.02. The monoisotopic (exact) mass is 199 g/mol. The molecule has 0 spiro atoms. The van der Waals surface area contributed by atoms with Gasteiger partial charge in [0, 0.05) is 26.5 Å². The molecule has 0 radical (unpaired) electrons. The molecule has 80 valence electrons. The van der Waals surface area contributed by atoms with Crippen molar-refractivity contribution in [3.8, 4) is 0 Å². The Hall–Kier alpha value is -0.940. The number of nitrogens with zero attached hydrogens (tertiary/aromatic N) is 2. The highest BCUT2D eigenvalue weighted by atomic mass is 16.5. The van der Waals surface area contributed by atoms with Crippen molar-refractivity contribution in [1.29, 1.82) is 0 Å². The normalized spacial score (nSPS) is 13.1. The van der Waals surface area contributed by atoms with Gasteiger partial charge in [-0.25, -0.2) is 0 Å². The Balaban J connectivity index is 2.42. The minimum atomic E-state index is 0.129. The molecule has 0 saturated carbocycles. The maximum atomic E-state index is 5.11. The van der Waals surface area contributed by atoms with E-state index in [-0.39, 0.29) is 6.10 Å². The summed E-state index contributed by atoms with van der Waals surface area (Å²) in [7, 11) is 3.57. The van der Waals surface area contributed by atoms with Crippen LogP contribution in [0.1, 0.15) is 18.6 Å². The van der Waals surface area contributed by atoms with Gasteiger partial charge in [0.15, 0.2) is 5.82 Å². The number of ether oxygens (including phenoxy) is 1.